The number of carbonyl (C=O) groups is 1. The molecule has 176 valence electrons. The van der Waals surface area contributed by atoms with E-state index in [-0.39, 0.29) is 11.6 Å². The highest BCUT2D eigenvalue weighted by Crippen LogP contribution is 2.38. The second-order valence-corrected chi connectivity index (χ2v) is 9.73. The third-order valence-electron chi connectivity index (χ3n) is 6.29. The van der Waals surface area contributed by atoms with E-state index in [0.717, 1.165) is 27.8 Å². The van der Waals surface area contributed by atoms with E-state index in [9.17, 15) is 18.3 Å². The van der Waals surface area contributed by atoms with E-state index in [0.29, 0.717) is 31.5 Å². The molecule has 0 spiro atoms. The molecule has 0 radical (unpaired) electrons. The number of benzene rings is 2. The molecule has 2 aromatic carbocycles. The quantitative estimate of drug-likeness (QED) is 0.417. The van der Waals surface area contributed by atoms with E-state index in [2.05, 4.69) is 14.6 Å². The lowest BCUT2D eigenvalue weighted by Crippen LogP contribution is -2.47. The molecule has 5 N–H and O–H groups in total. The fraction of sp³-hybridized carbons (Fsp3) is 0.348. The van der Waals surface area contributed by atoms with Gasteiger partial charge in [-0.3, -0.25) is 4.90 Å². The molecule has 0 amide bonds. The number of aromatic nitrogens is 1. The summed E-state index contributed by atoms with van der Waals surface area (Å²) in [6.07, 6.45) is 2.83. The van der Waals surface area contributed by atoms with Crippen molar-refractivity contribution in [1.29, 1.82) is 0 Å². The van der Waals surface area contributed by atoms with Crippen LogP contribution in [-0.2, 0) is 16.8 Å². The fourth-order valence-electron chi connectivity index (χ4n) is 4.83. The zero-order chi connectivity index (χ0) is 23.8. The Kier molecular flexibility index (Phi) is 6.44. The van der Waals surface area contributed by atoms with Crippen molar-refractivity contribution in [2.45, 2.75) is 38.4 Å². The molecule has 0 bridgehead atoms. The maximum atomic E-state index is 11.9. The zero-order valence-electron chi connectivity index (χ0n) is 18.5. The van der Waals surface area contributed by atoms with Crippen LogP contribution in [0.5, 0.6) is 5.75 Å². The first-order valence-corrected chi connectivity index (χ1v) is 12.2. The predicted molar refractivity (Wildman–Crippen MR) is 125 cm³/mol. The molecule has 2 atom stereocenters. The first-order valence-electron chi connectivity index (χ1n) is 10.7. The smallest absolute Gasteiger partial charge is 0.336 e. The Balaban J connectivity index is 1.76. The number of methoxy groups -OCH3 is 1. The molecule has 0 unspecified atom stereocenters. The number of likely N-dealkylation sites (tertiary alicyclic amines) is 1. The summed E-state index contributed by atoms with van der Waals surface area (Å²) in [5, 5.41) is 16.0. The first-order chi connectivity index (χ1) is 15.7. The Hall–Kier alpha value is -2.92. The molecular weight excluding hydrogens is 444 g/mol. The van der Waals surface area contributed by atoms with Gasteiger partial charge in [-0.15, -0.1) is 0 Å². The number of carboxylic acid groups (broad SMARTS) is 1. The lowest BCUT2D eigenvalue weighted by atomic mass is 9.88. The second-order valence-electron chi connectivity index (χ2n) is 8.40. The van der Waals surface area contributed by atoms with Crippen molar-refractivity contribution in [2.75, 3.05) is 13.7 Å². The highest BCUT2D eigenvalue weighted by atomic mass is 32.2. The topological polar surface area (TPSA) is 138 Å². The maximum absolute atomic E-state index is 11.9. The van der Waals surface area contributed by atoms with E-state index < -0.39 is 22.2 Å². The molecule has 0 saturated carbocycles. The third kappa shape index (κ3) is 4.88. The largest absolute Gasteiger partial charge is 0.496 e. The second kappa shape index (κ2) is 9.14. The number of fused-ring (bicyclic) bond motifs is 1. The van der Waals surface area contributed by atoms with Gasteiger partial charge >= 0.3 is 5.97 Å². The normalized spacial score (nSPS) is 19.6. The summed E-state index contributed by atoms with van der Waals surface area (Å²) >= 11 is 0. The van der Waals surface area contributed by atoms with Gasteiger partial charge in [-0.1, -0.05) is 18.2 Å². The number of hydrogen-bond donors (Lipinski definition) is 4. The molecular formula is C23H28N4O5S. The molecule has 33 heavy (non-hydrogen) atoms. The Bertz CT molecular complexity index is 1290. The van der Waals surface area contributed by atoms with Crippen LogP contribution in [0.4, 0.5) is 0 Å². The van der Waals surface area contributed by atoms with Crippen LogP contribution in [0.2, 0.25) is 0 Å². The Morgan fingerprint density at radius 3 is 2.79 bits per heavy atom. The number of carboxylic acids is 1. The standard InChI is InChI=1S/C23H28N4O5S/c1-14-11-21(32-2)19(17-7-9-25-22(14)17)13-27-10-8-15(26-33(24,30)31)12-20(27)16-5-3-4-6-18(16)23(28)29/h3-7,9,11,15,20,25-26H,8,10,12-13H2,1-2H3,(H,28,29)(H2,24,30,31)/t15-,20+/m1/s1. The number of hydrogen-bond acceptors (Lipinski definition) is 5. The van der Waals surface area contributed by atoms with E-state index in [1.807, 2.05) is 25.3 Å². The first kappa shape index (κ1) is 23.2. The number of nitrogens with zero attached hydrogens (tertiary/aromatic N) is 1. The molecule has 1 aliphatic heterocycles. The highest BCUT2D eigenvalue weighted by Gasteiger charge is 2.34. The van der Waals surface area contributed by atoms with Crippen LogP contribution in [0, 0.1) is 6.92 Å². The Morgan fingerprint density at radius 2 is 2.09 bits per heavy atom. The third-order valence-corrected chi connectivity index (χ3v) is 6.95. The molecule has 10 heteroatoms. The molecule has 4 rings (SSSR count). The van der Waals surface area contributed by atoms with Crippen LogP contribution in [0.25, 0.3) is 10.9 Å². The summed E-state index contributed by atoms with van der Waals surface area (Å²) in [4.78, 5) is 17.4. The van der Waals surface area contributed by atoms with Crippen LogP contribution in [-0.4, -0.2) is 49.1 Å². The molecule has 9 nitrogen and oxygen atoms in total. The number of nitrogens with one attached hydrogen (secondary N) is 2. The summed E-state index contributed by atoms with van der Waals surface area (Å²) in [6, 6.07) is 10.1. The number of nitrogens with two attached hydrogens (primary N) is 1. The van der Waals surface area contributed by atoms with Gasteiger partial charge in [0.05, 0.1) is 12.7 Å². The number of rotatable bonds is 7. The van der Waals surface area contributed by atoms with Gasteiger partial charge in [0, 0.05) is 47.8 Å². The van der Waals surface area contributed by atoms with Crippen molar-refractivity contribution in [3.8, 4) is 5.75 Å². The number of H-pyrrole nitrogens is 1. The number of piperidine rings is 1. The van der Waals surface area contributed by atoms with Crippen LogP contribution in [0.15, 0.2) is 42.6 Å². The lowest BCUT2D eigenvalue weighted by molar-refractivity contribution is 0.0686. The molecule has 3 aromatic rings. The number of aryl methyl sites for hydroxylation is 1. The van der Waals surface area contributed by atoms with Crippen molar-refractivity contribution in [3.05, 3.63) is 64.8 Å². The average molecular weight is 473 g/mol. The number of aromatic amines is 1. The Labute approximate surface area is 192 Å². The van der Waals surface area contributed by atoms with Crippen LogP contribution >= 0.6 is 0 Å². The summed E-state index contributed by atoms with van der Waals surface area (Å²) in [6.45, 7) is 3.08. The van der Waals surface area contributed by atoms with Crippen LogP contribution in [0.1, 0.15) is 45.9 Å². The monoisotopic (exact) mass is 472 g/mol. The van der Waals surface area contributed by atoms with Gasteiger partial charge in [-0.25, -0.2) is 9.93 Å². The van der Waals surface area contributed by atoms with Gasteiger partial charge in [-0.05, 0) is 49.1 Å². The lowest BCUT2D eigenvalue weighted by Gasteiger charge is -2.40. The minimum absolute atomic E-state index is 0.200. The van der Waals surface area contributed by atoms with Gasteiger partial charge in [0.25, 0.3) is 10.2 Å². The van der Waals surface area contributed by atoms with Gasteiger partial charge in [0.1, 0.15) is 5.75 Å². The van der Waals surface area contributed by atoms with Gasteiger partial charge in [0.15, 0.2) is 0 Å². The van der Waals surface area contributed by atoms with Gasteiger partial charge in [-0.2, -0.15) is 13.1 Å². The molecule has 1 aliphatic rings. The summed E-state index contributed by atoms with van der Waals surface area (Å²) in [5.41, 5.74) is 3.93. The zero-order valence-corrected chi connectivity index (χ0v) is 19.4. The maximum Gasteiger partial charge on any atom is 0.336 e. The van der Waals surface area contributed by atoms with Crippen molar-refractivity contribution in [3.63, 3.8) is 0 Å². The van der Waals surface area contributed by atoms with Crippen molar-refractivity contribution < 1.29 is 23.1 Å². The number of ether oxygens (including phenoxy) is 1. The van der Waals surface area contributed by atoms with E-state index in [1.54, 1.807) is 31.4 Å². The van der Waals surface area contributed by atoms with Crippen molar-refractivity contribution >= 4 is 27.1 Å². The summed E-state index contributed by atoms with van der Waals surface area (Å²) in [7, 11) is -2.24. The van der Waals surface area contributed by atoms with Crippen LogP contribution in [0.3, 0.4) is 0 Å². The molecule has 2 heterocycles. The van der Waals surface area contributed by atoms with Gasteiger partial charge in [0.2, 0.25) is 0 Å². The molecule has 1 fully saturated rings. The SMILES string of the molecule is COc1cc(C)c2[nH]ccc2c1CN1CC[C@@H](NS(N)(=O)=O)C[C@H]1c1ccccc1C(=O)O. The van der Waals surface area contributed by atoms with Crippen molar-refractivity contribution in [1.82, 2.24) is 14.6 Å². The predicted octanol–water partition coefficient (Wildman–Crippen LogP) is 2.68. The summed E-state index contributed by atoms with van der Waals surface area (Å²) < 4.78 is 31.5. The van der Waals surface area contributed by atoms with E-state index >= 15 is 0 Å². The average Bonchev–Trinajstić information content (AvgIpc) is 3.26. The minimum Gasteiger partial charge on any atom is -0.496 e. The number of aromatic carboxylic acids is 1. The van der Waals surface area contributed by atoms with E-state index in [1.165, 1.54) is 0 Å². The van der Waals surface area contributed by atoms with Crippen molar-refractivity contribution in [2.24, 2.45) is 5.14 Å². The molecule has 0 aliphatic carbocycles. The highest BCUT2D eigenvalue weighted by molar-refractivity contribution is 7.87. The van der Waals surface area contributed by atoms with Crippen LogP contribution < -0.4 is 14.6 Å². The minimum atomic E-state index is -3.88. The molecule has 1 saturated heterocycles. The Morgan fingerprint density at radius 1 is 1.33 bits per heavy atom. The van der Waals surface area contributed by atoms with E-state index in [4.69, 9.17) is 9.88 Å². The fourth-order valence-corrected chi connectivity index (χ4v) is 5.51. The van der Waals surface area contributed by atoms with Gasteiger partial charge < -0.3 is 14.8 Å². The summed E-state index contributed by atoms with van der Waals surface area (Å²) in [5.74, 6) is -0.261. The molecule has 1 aromatic heterocycles.